The third kappa shape index (κ3) is 7.11. The number of hydrogen-bond acceptors (Lipinski definition) is 2. The summed E-state index contributed by atoms with van der Waals surface area (Å²) in [6.07, 6.45) is 19.7. The molecular formula is C45H58N4O2+4. The minimum atomic E-state index is -1.09. The number of fused-ring (bicyclic) bond motifs is 2. The summed E-state index contributed by atoms with van der Waals surface area (Å²) in [5.74, 6) is 1.89. The van der Waals surface area contributed by atoms with Crippen molar-refractivity contribution >= 4 is 12.4 Å². The van der Waals surface area contributed by atoms with Crippen LogP contribution in [0.3, 0.4) is 0 Å². The summed E-state index contributed by atoms with van der Waals surface area (Å²) in [5, 5.41) is 0. The Morgan fingerprint density at radius 3 is 1.82 bits per heavy atom. The van der Waals surface area contributed by atoms with Crippen molar-refractivity contribution in [1.29, 1.82) is 0 Å². The van der Waals surface area contributed by atoms with Gasteiger partial charge in [-0.3, -0.25) is 0 Å². The number of hydrogen-bond donors (Lipinski definition) is 0. The van der Waals surface area contributed by atoms with Crippen molar-refractivity contribution in [2.45, 2.75) is 129 Å². The van der Waals surface area contributed by atoms with E-state index in [9.17, 15) is 0 Å². The molecular weight excluding hydrogens is 629 g/mol. The number of aromatic nitrogens is 2. The van der Waals surface area contributed by atoms with E-state index in [1.54, 1.807) is 0 Å². The molecule has 0 N–H and O–H groups in total. The zero-order chi connectivity index (χ0) is 36.0. The molecule has 3 aliphatic heterocycles. The Hall–Kier alpha value is -4.32. The molecule has 1 fully saturated rings. The van der Waals surface area contributed by atoms with Crippen LogP contribution in [0.15, 0.2) is 85.5 Å². The van der Waals surface area contributed by atoms with Gasteiger partial charge >= 0.3 is 6.03 Å². The second-order valence-corrected chi connectivity index (χ2v) is 17.6. The molecule has 6 heteroatoms. The van der Waals surface area contributed by atoms with Gasteiger partial charge in [0.05, 0.1) is 11.1 Å². The molecule has 0 radical (unpaired) electrons. The number of benzene rings is 2. The minimum Gasteiger partial charge on any atom is -0.340 e. The average Bonchev–Trinajstić information content (AvgIpc) is 3.30. The maximum atomic E-state index is 7.35. The number of rotatable bonds is 10. The summed E-state index contributed by atoms with van der Waals surface area (Å²) in [5.41, 5.74) is 7.19. The Bertz CT molecular complexity index is 1970. The first-order valence-electron chi connectivity index (χ1n) is 19.1. The molecule has 266 valence electrons. The highest BCUT2D eigenvalue weighted by Gasteiger charge is 2.75. The van der Waals surface area contributed by atoms with Crippen molar-refractivity contribution in [3.05, 3.63) is 119 Å². The van der Waals surface area contributed by atoms with Gasteiger partial charge in [-0.1, -0.05) is 75.0 Å². The topological polar surface area (TPSA) is 32.2 Å². The van der Waals surface area contributed by atoms with E-state index >= 15 is 0 Å². The number of pyridine rings is 2. The highest BCUT2D eigenvalue weighted by atomic mass is 16.7. The highest BCUT2D eigenvalue weighted by molar-refractivity contribution is 5.85. The number of unbranched alkanes of at least 4 members (excludes halogenated alkanes) is 2. The lowest BCUT2D eigenvalue weighted by atomic mass is 9.79. The van der Waals surface area contributed by atoms with Crippen molar-refractivity contribution in [3.63, 3.8) is 0 Å². The van der Waals surface area contributed by atoms with Crippen molar-refractivity contribution in [1.82, 2.24) is 0 Å². The fourth-order valence-electron chi connectivity index (χ4n) is 7.89. The maximum absolute atomic E-state index is 7.35. The third-order valence-electron chi connectivity index (χ3n) is 10.8. The van der Waals surface area contributed by atoms with Gasteiger partial charge in [-0.15, -0.1) is 0 Å². The summed E-state index contributed by atoms with van der Waals surface area (Å²) < 4.78 is 23.9. The highest BCUT2D eigenvalue weighted by Crippen LogP contribution is 2.47. The molecule has 6 nitrogen and oxygen atoms in total. The Labute approximate surface area is 305 Å². The summed E-state index contributed by atoms with van der Waals surface area (Å²) in [4.78, 5) is 0. The van der Waals surface area contributed by atoms with Crippen LogP contribution in [-0.2, 0) is 36.8 Å². The average molecular weight is 687 g/mol. The number of aryl methyl sites for hydroxylation is 4. The van der Waals surface area contributed by atoms with E-state index in [0.717, 1.165) is 80.8 Å². The van der Waals surface area contributed by atoms with E-state index in [2.05, 4.69) is 172 Å². The first-order valence-corrected chi connectivity index (χ1v) is 19.1. The monoisotopic (exact) mass is 686 g/mol. The second-order valence-electron chi connectivity index (χ2n) is 17.6. The third-order valence-corrected chi connectivity index (χ3v) is 10.8. The largest absolute Gasteiger partial charge is 0.704 e. The van der Waals surface area contributed by atoms with Crippen LogP contribution in [0.1, 0.15) is 114 Å². The summed E-state index contributed by atoms with van der Waals surface area (Å²) in [6.45, 7) is 21.2. The zero-order valence-electron chi connectivity index (χ0n) is 32.2. The van der Waals surface area contributed by atoms with Crippen molar-refractivity contribution < 1.29 is 27.8 Å². The quantitative estimate of drug-likeness (QED) is 0.127. The van der Waals surface area contributed by atoms with Gasteiger partial charge in [0.15, 0.2) is 48.7 Å². The smallest absolute Gasteiger partial charge is 0.340 e. The Balaban J connectivity index is 1.24. The van der Waals surface area contributed by atoms with E-state index in [0.29, 0.717) is 0 Å². The lowest BCUT2D eigenvalue weighted by Crippen LogP contribution is -2.61. The molecule has 2 aromatic carbocycles. The van der Waals surface area contributed by atoms with Gasteiger partial charge in [-0.2, -0.15) is 0 Å². The summed E-state index contributed by atoms with van der Waals surface area (Å²) >= 11 is 0. The Morgan fingerprint density at radius 2 is 1.22 bits per heavy atom. The summed E-state index contributed by atoms with van der Waals surface area (Å²) in [7, 11) is 0. The van der Waals surface area contributed by atoms with Gasteiger partial charge in [0.1, 0.15) is 13.1 Å². The van der Waals surface area contributed by atoms with Crippen molar-refractivity contribution in [3.8, 4) is 11.5 Å². The van der Waals surface area contributed by atoms with E-state index in [1.165, 1.54) is 22.3 Å². The van der Waals surface area contributed by atoms with Gasteiger partial charge < -0.3 is 9.47 Å². The second kappa shape index (κ2) is 13.3. The van der Waals surface area contributed by atoms with Crippen LogP contribution in [0.5, 0.6) is 11.5 Å². The molecule has 7 rings (SSSR count). The van der Waals surface area contributed by atoms with Crippen LogP contribution in [0.4, 0.5) is 0 Å². The van der Waals surface area contributed by atoms with Gasteiger partial charge in [0.2, 0.25) is 12.1 Å². The molecule has 3 aliphatic rings. The van der Waals surface area contributed by atoms with Crippen LogP contribution >= 0.6 is 0 Å². The fourth-order valence-corrected chi connectivity index (χ4v) is 7.89. The molecule has 1 unspecified atom stereocenters. The molecule has 1 saturated heterocycles. The molecule has 0 saturated carbocycles. The standard InChI is InChI=1S/C45H58N4O2/c1-42(2,3)38-29-37-31-48-33-44(7,8)49-32-36-28-34(19-11-17-25-46-21-13-9-14-22-46)27-35(20-12-18-26-47-23-15-10-16-24-47)40(36)50-45(48,49)51-41(37)39(30-38)43(4,5)6/h9-10,13-16,21-24,27-32H,11-12,17-20,25-26,33H2,1-8H3/q+4. The molecule has 0 amide bonds. The molecule has 1 spiro atoms. The first-order chi connectivity index (χ1) is 24.2. The molecule has 0 bridgehead atoms. The molecule has 4 aromatic rings. The minimum absolute atomic E-state index is 0.0222. The van der Waals surface area contributed by atoms with Crippen LogP contribution in [0.2, 0.25) is 0 Å². The molecule has 0 aliphatic carbocycles. The van der Waals surface area contributed by atoms with Crippen LogP contribution in [0.25, 0.3) is 0 Å². The SMILES string of the molecule is CC(C)(C)c1cc2c(c(C(C)(C)C)c1)OC13Oc4c(cc(CCCC[n+]5ccccc5)cc4CCCC[n+]4ccccc4)C=[N+]1C(C)(C)C[N+]3=C2. The molecule has 1 atom stereocenters. The van der Waals surface area contributed by atoms with Gasteiger partial charge in [0, 0.05) is 56.5 Å². The van der Waals surface area contributed by atoms with Crippen molar-refractivity contribution in [2.75, 3.05) is 6.54 Å². The number of nitrogens with zero attached hydrogens (tertiary/aromatic N) is 4. The fraction of sp³-hybridized carbons (Fsp3) is 0.467. The molecule has 5 heterocycles. The van der Waals surface area contributed by atoms with E-state index in [1.807, 2.05) is 0 Å². The lowest BCUT2D eigenvalue weighted by Gasteiger charge is -2.33. The molecule has 51 heavy (non-hydrogen) atoms. The van der Waals surface area contributed by atoms with Gasteiger partial charge in [0.25, 0.3) is 0 Å². The maximum Gasteiger partial charge on any atom is 0.704 e. The predicted molar refractivity (Wildman–Crippen MR) is 203 cm³/mol. The van der Waals surface area contributed by atoms with E-state index in [4.69, 9.17) is 9.47 Å². The van der Waals surface area contributed by atoms with Gasteiger partial charge in [-0.05, 0) is 65.3 Å². The van der Waals surface area contributed by atoms with Crippen LogP contribution in [0, 0.1) is 0 Å². The van der Waals surface area contributed by atoms with E-state index in [-0.39, 0.29) is 16.4 Å². The van der Waals surface area contributed by atoms with Crippen molar-refractivity contribution in [2.24, 2.45) is 0 Å². The van der Waals surface area contributed by atoms with Crippen LogP contribution < -0.4 is 18.6 Å². The number of ether oxygens (including phenoxy) is 2. The van der Waals surface area contributed by atoms with Gasteiger partial charge in [-0.25, -0.2) is 9.13 Å². The Kier molecular flexibility index (Phi) is 9.18. The Morgan fingerprint density at radius 1 is 0.627 bits per heavy atom. The zero-order valence-corrected chi connectivity index (χ0v) is 32.2. The van der Waals surface area contributed by atoms with Crippen LogP contribution in [-0.4, -0.2) is 39.7 Å². The summed E-state index contributed by atoms with van der Waals surface area (Å²) in [6, 6.07) is 21.0. The normalized spacial score (nSPS) is 18.7. The van der Waals surface area contributed by atoms with E-state index < -0.39 is 6.03 Å². The molecule has 2 aromatic heterocycles. The first kappa shape index (κ1) is 35.1. The lowest BCUT2D eigenvalue weighted by molar-refractivity contribution is -0.867. The predicted octanol–water partition coefficient (Wildman–Crippen LogP) is 7.65.